The van der Waals surface area contributed by atoms with Crippen molar-refractivity contribution >= 4 is 5.78 Å². The highest BCUT2D eigenvalue weighted by molar-refractivity contribution is 6.00. The van der Waals surface area contributed by atoms with E-state index in [1.165, 1.54) is 11.1 Å². The maximum Gasteiger partial charge on any atom is 0.181 e. The third-order valence-corrected chi connectivity index (χ3v) is 3.34. The number of fused-ring (bicyclic) bond motifs is 1. The van der Waals surface area contributed by atoms with E-state index in [9.17, 15) is 4.79 Å². The van der Waals surface area contributed by atoms with Crippen LogP contribution in [-0.4, -0.2) is 16.8 Å². The zero-order valence-corrected chi connectivity index (χ0v) is 9.97. The van der Waals surface area contributed by atoms with Gasteiger partial charge in [-0.15, -0.1) is 0 Å². The van der Waals surface area contributed by atoms with Gasteiger partial charge in [-0.25, -0.2) is 0 Å². The smallest absolute Gasteiger partial charge is 0.181 e. The van der Waals surface area contributed by atoms with Gasteiger partial charge in [0.15, 0.2) is 5.78 Å². The molecule has 0 saturated carbocycles. The van der Waals surface area contributed by atoms with Crippen LogP contribution in [0.1, 0.15) is 21.5 Å². The molecule has 0 radical (unpaired) electrons. The third kappa shape index (κ3) is 2.05. The first-order valence-electron chi connectivity index (χ1n) is 6.09. The summed E-state index contributed by atoms with van der Waals surface area (Å²) in [4.78, 5) is 16.3. The maximum atomic E-state index is 12.3. The van der Waals surface area contributed by atoms with Gasteiger partial charge in [0.25, 0.3) is 0 Å². The molecule has 1 aliphatic heterocycles. The van der Waals surface area contributed by atoms with Crippen LogP contribution in [0.5, 0.6) is 0 Å². The monoisotopic (exact) mass is 238 g/mol. The molecule has 1 unspecified atom stereocenters. The number of nitrogens with zero attached hydrogens (tertiary/aromatic N) is 1. The van der Waals surface area contributed by atoms with Gasteiger partial charge < -0.3 is 5.32 Å². The molecular weight excluding hydrogens is 224 g/mol. The zero-order chi connectivity index (χ0) is 12.4. The highest BCUT2D eigenvalue weighted by atomic mass is 16.1. The van der Waals surface area contributed by atoms with E-state index in [2.05, 4.69) is 22.4 Å². The Bertz CT molecular complexity index is 566. The number of hydrogen-bond acceptors (Lipinski definition) is 3. The third-order valence-electron chi connectivity index (χ3n) is 3.34. The Labute approximate surface area is 106 Å². The standard InChI is InChI=1S/C15H14N2O/c18-15(13-6-3-7-16-9-13)14-8-11-4-1-2-5-12(11)10-17-14/h1-7,9,14,17H,8,10H2. The minimum absolute atomic E-state index is 0.123. The fourth-order valence-electron chi connectivity index (χ4n) is 2.35. The molecule has 1 N–H and O–H groups in total. The molecule has 0 bridgehead atoms. The first-order valence-corrected chi connectivity index (χ1v) is 6.09. The SMILES string of the molecule is O=C(c1cccnc1)C1Cc2ccccc2CN1. The van der Waals surface area contributed by atoms with Gasteiger partial charge in [0, 0.05) is 24.5 Å². The van der Waals surface area contributed by atoms with Gasteiger partial charge in [0.05, 0.1) is 6.04 Å². The predicted molar refractivity (Wildman–Crippen MR) is 69.3 cm³/mol. The van der Waals surface area contributed by atoms with Gasteiger partial charge in [0.1, 0.15) is 0 Å². The van der Waals surface area contributed by atoms with E-state index in [1.54, 1.807) is 18.5 Å². The maximum absolute atomic E-state index is 12.3. The van der Waals surface area contributed by atoms with E-state index >= 15 is 0 Å². The Hall–Kier alpha value is -2.00. The van der Waals surface area contributed by atoms with Crippen molar-refractivity contribution in [1.82, 2.24) is 10.3 Å². The number of rotatable bonds is 2. The molecule has 0 fully saturated rings. The number of carbonyl (C=O) groups excluding carboxylic acids is 1. The lowest BCUT2D eigenvalue weighted by atomic mass is 9.92. The van der Waals surface area contributed by atoms with E-state index in [0.29, 0.717) is 5.56 Å². The second-order valence-electron chi connectivity index (χ2n) is 4.51. The Kier molecular flexibility index (Phi) is 2.90. The van der Waals surface area contributed by atoms with Crippen molar-refractivity contribution in [1.29, 1.82) is 0 Å². The van der Waals surface area contributed by atoms with Crippen molar-refractivity contribution in [3.05, 3.63) is 65.5 Å². The molecule has 0 aliphatic carbocycles. The summed E-state index contributed by atoms with van der Waals surface area (Å²) in [5.74, 6) is 0.123. The lowest BCUT2D eigenvalue weighted by molar-refractivity contribution is 0.0937. The molecule has 1 aromatic heterocycles. The van der Waals surface area contributed by atoms with Gasteiger partial charge in [-0.1, -0.05) is 24.3 Å². The molecule has 18 heavy (non-hydrogen) atoms. The van der Waals surface area contributed by atoms with Crippen LogP contribution in [-0.2, 0) is 13.0 Å². The molecule has 1 aromatic carbocycles. The summed E-state index contributed by atoms with van der Waals surface area (Å²) < 4.78 is 0. The van der Waals surface area contributed by atoms with Crippen LogP contribution >= 0.6 is 0 Å². The number of aromatic nitrogens is 1. The molecule has 0 saturated heterocycles. The van der Waals surface area contributed by atoms with Crippen molar-refractivity contribution < 1.29 is 4.79 Å². The summed E-state index contributed by atoms with van der Waals surface area (Å²) >= 11 is 0. The Balaban J connectivity index is 1.82. The van der Waals surface area contributed by atoms with Gasteiger partial charge in [0.2, 0.25) is 0 Å². The van der Waals surface area contributed by atoms with Gasteiger partial charge >= 0.3 is 0 Å². The summed E-state index contributed by atoms with van der Waals surface area (Å²) in [6, 6.07) is 11.7. The molecule has 90 valence electrons. The van der Waals surface area contributed by atoms with Crippen molar-refractivity contribution in [2.45, 2.75) is 19.0 Å². The van der Waals surface area contributed by atoms with Gasteiger partial charge in [-0.05, 0) is 29.7 Å². The summed E-state index contributed by atoms with van der Waals surface area (Å²) in [5, 5.41) is 3.30. The van der Waals surface area contributed by atoms with E-state index in [4.69, 9.17) is 0 Å². The molecule has 1 atom stereocenters. The van der Waals surface area contributed by atoms with Crippen LogP contribution in [0.25, 0.3) is 0 Å². The lowest BCUT2D eigenvalue weighted by Crippen LogP contribution is -2.41. The van der Waals surface area contributed by atoms with Crippen LogP contribution < -0.4 is 5.32 Å². The van der Waals surface area contributed by atoms with E-state index in [-0.39, 0.29) is 11.8 Å². The number of carbonyl (C=O) groups is 1. The van der Waals surface area contributed by atoms with Crippen molar-refractivity contribution in [3.63, 3.8) is 0 Å². The number of ketones is 1. The highest BCUT2D eigenvalue weighted by Crippen LogP contribution is 2.18. The second-order valence-corrected chi connectivity index (χ2v) is 4.51. The van der Waals surface area contributed by atoms with Crippen LogP contribution in [0.4, 0.5) is 0 Å². The Morgan fingerprint density at radius 3 is 2.78 bits per heavy atom. The summed E-state index contributed by atoms with van der Waals surface area (Å²) in [6.45, 7) is 0.757. The van der Waals surface area contributed by atoms with Crippen LogP contribution in [0, 0.1) is 0 Å². The number of Topliss-reactive ketones (excluding diaryl/α,β-unsaturated/α-hetero) is 1. The minimum Gasteiger partial charge on any atom is -0.303 e. The van der Waals surface area contributed by atoms with Crippen LogP contribution in [0.2, 0.25) is 0 Å². The quantitative estimate of drug-likeness (QED) is 0.813. The molecule has 0 spiro atoms. The van der Waals surface area contributed by atoms with E-state index < -0.39 is 0 Å². The van der Waals surface area contributed by atoms with Crippen LogP contribution in [0.3, 0.4) is 0 Å². The Morgan fingerprint density at radius 2 is 2.00 bits per heavy atom. The molecular formula is C15H14N2O. The van der Waals surface area contributed by atoms with E-state index in [0.717, 1.165) is 13.0 Å². The molecule has 3 heteroatoms. The Morgan fingerprint density at radius 1 is 1.17 bits per heavy atom. The topological polar surface area (TPSA) is 42.0 Å². The lowest BCUT2D eigenvalue weighted by Gasteiger charge is -2.25. The fourth-order valence-corrected chi connectivity index (χ4v) is 2.35. The average Bonchev–Trinajstić information content (AvgIpc) is 2.47. The first-order chi connectivity index (χ1) is 8.84. The molecule has 2 aromatic rings. The molecule has 1 aliphatic rings. The number of nitrogens with one attached hydrogen (secondary N) is 1. The van der Waals surface area contributed by atoms with Gasteiger partial charge in [-0.2, -0.15) is 0 Å². The average molecular weight is 238 g/mol. The summed E-state index contributed by atoms with van der Waals surface area (Å²) in [5.41, 5.74) is 3.22. The molecule has 3 nitrogen and oxygen atoms in total. The molecule has 2 heterocycles. The van der Waals surface area contributed by atoms with Crippen molar-refractivity contribution in [3.8, 4) is 0 Å². The van der Waals surface area contributed by atoms with Crippen molar-refractivity contribution in [2.75, 3.05) is 0 Å². The highest BCUT2D eigenvalue weighted by Gasteiger charge is 2.24. The predicted octanol–water partition coefficient (Wildman–Crippen LogP) is 1.98. The largest absolute Gasteiger partial charge is 0.303 e. The minimum atomic E-state index is -0.135. The number of benzene rings is 1. The zero-order valence-electron chi connectivity index (χ0n) is 9.97. The van der Waals surface area contributed by atoms with Gasteiger partial charge in [-0.3, -0.25) is 9.78 Å². The summed E-state index contributed by atoms with van der Waals surface area (Å²) in [6.07, 6.45) is 4.06. The van der Waals surface area contributed by atoms with Crippen molar-refractivity contribution in [2.24, 2.45) is 0 Å². The second kappa shape index (κ2) is 4.70. The molecule has 3 rings (SSSR count). The van der Waals surface area contributed by atoms with E-state index in [1.807, 2.05) is 18.2 Å². The fraction of sp³-hybridized carbons (Fsp3) is 0.200. The van der Waals surface area contributed by atoms with Crippen LogP contribution in [0.15, 0.2) is 48.8 Å². The normalized spacial score (nSPS) is 18.1. The summed E-state index contributed by atoms with van der Waals surface area (Å²) in [7, 11) is 0. The molecule has 0 amide bonds. The first kappa shape index (κ1) is 11.1. The number of hydrogen-bond donors (Lipinski definition) is 1. The number of pyridine rings is 1.